The molecule has 1 fully saturated rings. The first kappa shape index (κ1) is 16.3. The van der Waals surface area contributed by atoms with E-state index in [-0.39, 0.29) is 11.8 Å². The van der Waals surface area contributed by atoms with Gasteiger partial charge in [0.2, 0.25) is 5.91 Å². The summed E-state index contributed by atoms with van der Waals surface area (Å²) in [6.07, 6.45) is 6.57. The highest BCUT2D eigenvalue weighted by Gasteiger charge is 2.26. The Bertz CT molecular complexity index is 719. The van der Waals surface area contributed by atoms with Crippen molar-refractivity contribution in [2.45, 2.75) is 51.6 Å². The number of fused-ring (bicyclic) bond motifs is 1. The first-order chi connectivity index (χ1) is 12.3. The minimum atomic E-state index is 0.153. The van der Waals surface area contributed by atoms with Crippen LogP contribution >= 0.6 is 0 Å². The number of rotatable bonds is 4. The lowest BCUT2D eigenvalue weighted by atomic mass is 9.88. The molecule has 2 heterocycles. The Morgan fingerprint density at radius 2 is 2.00 bits per heavy atom. The molecule has 5 nitrogen and oxygen atoms in total. The summed E-state index contributed by atoms with van der Waals surface area (Å²) >= 11 is 0. The Balaban J connectivity index is 1.39. The van der Waals surface area contributed by atoms with Crippen molar-refractivity contribution in [1.82, 2.24) is 15.1 Å². The van der Waals surface area contributed by atoms with Gasteiger partial charge in [0, 0.05) is 31.1 Å². The summed E-state index contributed by atoms with van der Waals surface area (Å²) in [7, 11) is 0. The predicted octanol–water partition coefficient (Wildman–Crippen LogP) is 3.49. The molecule has 2 aromatic rings. The van der Waals surface area contributed by atoms with Gasteiger partial charge in [0.15, 0.2) is 5.82 Å². The van der Waals surface area contributed by atoms with Crippen LogP contribution in [-0.2, 0) is 24.3 Å². The zero-order valence-corrected chi connectivity index (χ0v) is 14.6. The molecule has 1 saturated carbocycles. The second-order valence-electron chi connectivity index (χ2n) is 7.30. The van der Waals surface area contributed by atoms with Gasteiger partial charge in [0.05, 0.1) is 5.69 Å². The molecule has 0 saturated heterocycles. The fraction of sp³-hybridized carbons (Fsp3) is 0.500. The van der Waals surface area contributed by atoms with Crippen LogP contribution < -0.4 is 5.32 Å². The van der Waals surface area contributed by atoms with Crippen molar-refractivity contribution in [1.29, 1.82) is 0 Å². The SMILES string of the molecule is O=C(Nc1n[nH]c2c1CCN(Cc1ccccc1)C2)C1CCCCC1. The van der Waals surface area contributed by atoms with Crippen LogP contribution in [-0.4, -0.2) is 27.5 Å². The zero-order chi connectivity index (χ0) is 17.1. The average Bonchev–Trinajstić information content (AvgIpc) is 3.05. The number of carbonyl (C=O) groups is 1. The minimum absolute atomic E-state index is 0.153. The number of hydrogen-bond donors (Lipinski definition) is 2. The summed E-state index contributed by atoms with van der Waals surface area (Å²) in [5, 5.41) is 10.6. The Labute approximate surface area is 148 Å². The number of H-pyrrole nitrogens is 1. The van der Waals surface area contributed by atoms with Crippen molar-refractivity contribution in [3.05, 3.63) is 47.2 Å². The van der Waals surface area contributed by atoms with Crippen molar-refractivity contribution < 1.29 is 4.79 Å². The fourth-order valence-corrected chi connectivity index (χ4v) is 4.04. The normalized spacial score (nSPS) is 18.7. The molecule has 4 rings (SSSR count). The number of nitrogens with one attached hydrogen (secondary N) is 2. The lowest BCUT2D eigenvalue weighted by Crippen LogP contribution is -2.30. The Morgan fingerprint density at radius 1 is 1.20 bits per heavy atom. The van der Waals surface area contributed by atoms with Crippen LogP contribution in [0.15, 0.2) is 30.3 Å². The molecular weight excluding hydrogens is 312 g/mol. The van der Waals surface area contributed by atoms with E-state index in [1.54, 1.807) is 0 Å². The summed E-state index contributed by atoms with van der Waals surface area (Å²) < 4.78 is 0. The molecule has 0 spiro atoms. The summed E-state index contributed by atoms with van der Waals surface area (Å²) in [5.41, 5.74) is 3.66. The lowest BCUT2D eigenvalue weighted by Gasteiger charge is -2.27. The topological polar surface area (TPSA) is 61.0 Å². The number of hydrogen-bond acceptors (Lipinski definition) is 3. The van der Waals surface area contributed by atoms with Crippen molar-refractivity contribution >= 4 is 11.7 Å². The van der Waals surface area contributed by atoms with Crippen molar-refractivity contribution in [3.63, 3.8) is 0 Å². The molecule has 0 bridgehead atoms. The van der Waals surface area contributed by atoms with Crippen molar-refractivity contribution in [2.24, 2.45) is 5.92 Å². The molecule has 1 aliphatic carbocycles. The molecule has 1 aromatic carbocycles. The molecule has 132 valence electrons. The van der Waals surface area contributed by atoms with Gasteiger partial charge in [-0.05, 0) is 24.8 Å². The number of anilines is 1. The van der Waals surface area contributed by atoms with Gasteiger partial charge >= 0.3 is 0 Å². The molecule has 1 amide bonds. The summed E-state index contributed by atoms with van der Waals surface area (Å²) in [4.78, 5) is 14.9. The van der Waals surface area contributed by atoms with Crippen LogP contribution in [0.25, 0.3) is 0 Å². The zero-order valence-electron chi connectivity index (χ0n) is 14.6. The van der Waals surface area contributed by atoms with Crippen LogP contribution in [0.2, 0.25) is 0 Å². The number of aromatic amines is 1. The first-order valence-corrected chi connectivity index (χ1v) is 9.43. The van der Waals surface area contributed by atoms with Crippen LogP contribution in [0, 0.1) is 5.92 Å². The Morgan fingerprint density at radius 3 is 2.80 bits per heavy atom. The van der Waals surface area contributed by atoms with Gasteiger partial charge < -0.3 is 5.32 Å². The quantitative estimate of drug-likeness (QED) is 0.897. The summed E-state index contributed by atoms with van der Waals surface area (Å²) in [6, 6.07) is 10.5. The molecule has 0 unspecified atom stereocenters. The number of benzene rings is 1. The fourth-order valence-electron chi connectivity index (χ4n) is 4.04. The van der Waals surface area contributed by atoms with Crippen molar-refractivity contribution in [3.8, 4) is 0 Å². The van der Waals surface area contributed by atoms with Gasteiger partial charge in [-0.1, -0.05) is 49.6 Å². The molecule has 0 radical (unpaired) electrons. The molecule has 5 heteroatoms. The minimum Gasteiger partial charge on any atom is -0.309 e. The van der Waals surface area contributed by atoms with Crippen LogP contribution in [0.5, 0.6) is 0 Å². The van der Waals surface area contributed by atoms with Crippen LogP contribution in [0.4, 0.5) is 5.82 Å². The third kappa shape index (κ3) is 3.76. The van der Waals surface area contributed by atoms with Gasteiger partial charge in [-0.25, -0.2) is 0 Å². The number of nitrogens with zero attached hydrogens (tertiary/aromatic N) is 2. The first-order valence-electron chi connectivity index (χ1n) is 9.43. The second kappa shape index (κ2) is 7.40. The highest BCUT2D eigenvalue weighted by Crippen LogP contribution is 2.28. The Kier molecular flexibility index (Phi) is 4.83. The summed E-state index contributed by atoms with van der Waals surface area (Å²) in [6.45, 7) is 2.80. The number of aromatic nitrogens is 2. The van der Waals surface area contributed by atoms with E-state index in [9.17, 15) is 4.79 Å². The predicted molar refractivity (Wildman–Crippen MR) is 98.1 cm³/mol. The smallest absolute Gasteiger partial charge is 0.228 e. The van der Waals surface area contributed by atoms with Gasteiger partial charge in [-0.2, -0.15) is 5.10 Å². The van der Waals surface area contributed by atoms with E-state index in [0.29, 0.717) is 0 Å². The van der Waals surface area contributed by atoms with E-state index >= 15 is 0 Å². The molecule has 2 N–H and O–H groups in total. The summed E-state index contributed by atoms with van der Waals surface area (Å²) in [5.74, 6) is 1.07. The van der Waals surface area contributed by atoms with E-state index in [1.807, 2.05) is 6.07 Å². The maximum absolute atomic E-state index is 12.5. The molecular formula is C20H26N4O. The molecule has 1 aromatic heterocycles. The van der Waals surface area contributed by atoms with Crippen LogP contribution in [0.1, 0.15) is 48.9 Å². The molecule has 0 atom stereocenters. The molecule has 1 aliphatic heterocycles. The van der Waals surface area contributed by atoms with Gasteiger partial charge in [-0.15, -0.1) is 0 Å². The average molecular weight is 338 g/mol. The van der Waals surface area contributed by atoms with E-state index in [2.05, 4.69) is 44.7 Å². The van der Waals surface area contributed by atoms with E-state index in [1.165, 1.54) is 30.4 Å². The second-order valence-corrected chi connectivity index (χ2v) is 7.30. The number of carbonyl (C=O) groups excluding carboxylic acids is 1. The maximum Gasteiger partial charge on any atom is 0.228 e. The highest BCUT2D eigenvalue weighted by atomic mass is 16.2. The standard InChI is InChI=1S/C20H26N4O/c25-20(16-9-5-2-6-10-16)21-19-17-11-12-24(14-18(17)22-23-19)13-15-7-3-1-4-8-15/h1,3-4,7-8,16H,2,5-6,9-14H2,(H2,21,22,23,25). The van der Waals surface area contributed by atoms with E-state index in [0.717, 1.165) is 50.4 Å². The maximum atomic E-state index is 12.5. The monoisotopic (exact) mass is 338 g/mol. The van der Waals surface area contributed by atoms with Crippen LogP contribution in [0.3, 0.4) is 0 Å². The Hall–Kier alpha value is -2.14. The third-order valence-corrected chi connectivity index (χ3v) is 5.48. The largest absolute Gasteiger partial charge is 0.309 e. The highest BCUT2D eigenvalue weighted by molar-refractivity contribution is 5.92. The molecule has 2 aliphatic rings. The van der Waals surface area contributed by atoms with E-state index in [4.69, 9.17) is 0 Å². The number of amides is 1. The van der Waals surface area contributed by atoms with Gasteiger partial charge in [0.25, 0.3) is 0 Å². The molecule has 25 heavy (non-hydrogen) atoms. The van der Waals surface area contributed by atoms with Gasteiger partial charge in [-0.3, -0.25) is 14.8 Å². The third-order valence-electron chi connectivity index (χ3n) is 5.48. The lowest BCUT2D eigenvalue weighted by molar-refractivity contribution is -0.120. The van der Waals surface area contributed by atoms with Crippen molar-refractivity contribution in [2.75, 3.05) is 11.9 Å². The van der Waals surface area contributed by atoms with Gasteiger partial charge in [0.1, 0.15) is 0 Å². The van der Waals surface area contributed by atoms with E-state index < -0.39 is 0 Å².